The first-order valence-corrected chi connectivity index (χ1v) is 9.11. The summed E-state index contributed by atoms with van der Waals surface area (Å²) in [5, 5.41) is 1.43. The molecule has 6 heteroatoms. The number of fused-ring (bicyclic) bond motifs is 1. The SMILES string of the molecule is CCOCc1cccc(NS(=O)(=O)c2cccc3ccncc23)c1. The maximum Gasteiger partial charge on any atom is 0.262 e. The zero-order valence-electron chi connectivity index (χ0n) is 13.3. The van der Waals surface area contributed by atoms with Crippen molar-refractivity contribution in [3.05, 3.63) is 66.5 Å². The van der Waals surface area contributed by atoms with Crippen molar-refractivity contribution in [1.29, 1.82) is 0 Å². The number of anilines is 1. The Morgan fingerprint density at radius 3 is 2.79 bits per heavy atom. The highest BCUT2D eigenvalue weighted by atomic mass is 32.2. The molecule has 0 radical (unpaired) electrons. The van der Waals surface area contributed by atoms with E-state index in [1.807, 2.05) is 19.1 Å². The maximum atomic E-state index is 12.8. The predicted molar refractivity (Wildman–Crippen MR) is 94.3 cm³/mol. The van der Waals surface area contributed by atoms with Crippen LogP contribution in [0.2, 0.25) is 0 Å². The van der Waals surface area contributed by atoms with E-state index in [0.717, 1.165) is 10.9 Å². The van der Waals surface area contributed by atoms with Crippen LogP contribution in [0.4, 0.5) is 5.69 Å². The standard InChI is InChI=1S/C18H18N2O3S/c1-2-23-13-14-5-3-7-16(11-14)20-24(21,22)18-8-4-6-15-9-10-19-12-17(15)18/h3-12,20H,2,13H2,1H3. The van der Waals surface area contributed by atoms with E-state index in [-0.39, 0.29) is 4.90 Å². The van der Waals surface area contributed by atoms with Crippen LogP contribution in [0, 0.1) is 0 Å². The third-order valence-corrected chi connectivity index (χ3v) is 5.02. The Morgan fingerprint density at radius 2 is 1.96 bits per heavy atom. The Balaban J connectivity index is 1.94. The van der Waals surface area contributed by atoms with Crippen molar-refractivity contribution in [2.75, 3.05) is 11.3 Å². The number of nitrogens with one attached hydrogen (secondary N) is 1. The molecule has 124 valence electrons. The molecule has 0 aliphatic carbocycles. The average Bonchev–Trinajstić information content (AvgIpc) is 2.59. The molecule has 0 atom stereocenters. The lowest BCUT2D eigenvalue weighted by Crippen LogP contribution is -2.13. The highest BCUT2D eigenvalue weighted by Crippen LogP contribution is 2.24. The number of nitrogens with zero attached hydrogens (tertiary/aromatic N) is 1. The van der Waals surface area contributed by atoms with Crippen LogP contribution in [-0.4, -0.2) is 20.0 Å². The molecule has 1 heterocycles. The van der Waals surface area contributed by atoms with E-state index in [2.05, 4.69) is 9.71 Å². The third-order valence-electron chi connectivity index (χ3n) is 3.59. The monoisotopic (exact) mass is 342 g/mol. The van der Waals surface area contributed by atoms with Gasteiger partial charge < -0.3 is 4.74 Å². The fourth-order valence-corrected chi connectivity index (χ4v) is 3.74. The Bertz CT molecular complexity index is 950. The molecular weight excluding hydrogens is 324 g/mol. The molecule has 0 saturated heterocycles. The molecule has 1 N–H and O–H groups in total. The summed E-state index contributed by atoms with van der Waals surface area (Å²) in [4.78, 5) is 4.24. The maximum absolute atomic E-state index is 12.8. The van der Waals surface area contributed by atoms with Crippen molar-refractivity contribution in [2.24, 2.45) is 0 Å². The van der Waals surface area contributed by atoms with E-state index < -0.39 is 10.0 Å². The second-order valence-electron chi connectivity index (χ2n) is 5.30. The van der Waals surface area contributed by atoms with Crippen LogP contribution >= 0.6 is 0 Å². The number of hydrogen-bond donors (Lipinski definition) is 1. The van der Waals surface area contributed by atoms with Crippen molar-refractivity contribution in [1.82, 2.24) is 4.98 Å². The normalized spacial score (nSPS) is 11.5. The summed E-state index contributed by atoms with van der Waals surface area (Å²) in [7, 11) is -3.71. The summed E-state index contributed by atoms with van der Waals surface area (Å²) in [6, 6.07) is 14.1. The van der Waals surface area contributed by atoms with Gasteiger partial charge in [-0.2, -0.15) is 0 Å². The minimum absolute atomic E-state index is 0.211. The summed E-state index contributed by atoms with van der Waals surface area (Å²) >= 11 is 0. The van der Waals surface area contributed by atoms with Crippen LogP contribution in [0.5, 0.6) is 0 Å². The Kier molecular flexibility index (Phi) is 4.78. The number of ether oxygens (including phenoxy) is 1. The van der Waals surface area contributed by atoms with Crippen LogP contribution in [0.3, 0.4) is 0 Å². The molecule has 3 aromatic rings. The highest BCUT2D eigenvalue weighted by Gasteiger charge is 2.17. The van der Waals surface area contributed by atoms with E-state index >= 15 is 0 Å². The quantitative estimate of drug-likeness (QED) is 0.743. The van der Waals surface area contributed by atoms with Gasteiger partial charge in [0.05, 0.1) is 11.5 Å². The molecule has 0 amide bonds. The molecule has 3 rings (SSSR count). The lowest BCUT2D eigenvalue weighted by Gasteiger charge is -2.11. The lowest BCUT2D eigenvalue weighted by atomic mass is 10.2. The summed E-state index contributed by atoms with van der Waals surface area (Å²) in [6.07, 6.45) is 3.21. The molecule has 0 spiro atoms. The summed E-state index contributed by atoms with van der Waals surface area (Å²) in [6.45, 7) is 2.98. The number of aromatic nitrogens is 1. The zero-order chi connectivity index (χ0) is 17.0. The van der Waals surface area contributed by atoms with E-state index in [9.17, 15) is 8.42 Å². The van der Waals surface area contributed by atoms with E-state index in [4.69, 9.17) is 4.74 Å². The fraction of sp³-hybridized carbons (Fsp3) is 0.167. The fourth-order valence-electron chi connectivity index (χ4n) is 2.47. The van der Waals surface area contributed by atoms with Gasteiger partial charge in [0.15, 0.2) is 0 Å². The van der Waals surface area contributed by atoms with Crippen molar-refractivity contribution < 1.29 is 13.2 Å². The van der Waals surface area contributed by atoms with E-state index in [0.29, 0.717) is 24.3 Å². The number of sulfonamides is 1. The summed E-state index contributed by atoms with van der Waals surface area (Å²) < 4.78 is 33.5. The van der Waals surface area contributed by atoms with Gasteiger partial charge in [-0.1, -0.05) is 24.3 Å². The molecule has 5 nitrogen and oxygen atoms in total. The van der Waals surface area contributed by atoms with E-state index in [1.165, 1.54) is 0 Å². The lowest BCUT2D eigenvalue weighted by molar-refractivity contribution is 0.134. The van der Waals surface area contributed by atoms with Crippen molar-refractivity contribution in [2.45, 2.75) is 18.4 Å². The van der Waals surface area contributed by atoms with Crippen molar-refractivity contribution >= 4 is 26.5 Å². The Hall–Kier alpha value is -2.44. The van der Waals surface area contributed by atoms with Gasteiger partial charge in [0.25, 0.3) is 10.0 Å². The van der Waals surface area contributed by atoms with Gasteiger partial charge >= 0.3 is 0 Å². The summed E-state index contributed by atoms with van der Waals surface area (Å²) in [5.74, 6) is 0. The minimum Gasteiger partial charge on any atom is -0.377 e. The van der Waals surface area contributed by atoms with Crippen molar-refractivity contribution in [3.63, 3.8) is 0 Å². The molecule has 0 aliphatic rings. The van der Waals surface area contributed by atoms with Gasteiger partial charge in [-0.05, 0) is 42.1 Å². The summed E-state index contributed by atoms with van der Waals surface area (Å²) in [5.41, 5.74) is 1.42. The number of rotatable bonds is 6. The Labute approximate surface area is 141 Å². The van der Waals surface area contributed by atoms with Crippen LogP contribution in [0.1, 0.15) is 12.5 Å². The van der Waals surface area contributed by atoms with Gasteiger partial charge in [0, 0.05) is 30.1 Å². The molecular formula is C18H18N2O3S. The van der Waals surface area contributed by atoms with Crippen molar-refractivity contribution in [3.8, 4) is 0 Å². The van der Waals surface area contributed by atoms with Gasteiger partial charge in [-0.15, -0.1) is 0 Å². The zero-order valence-corrected chi connectivity index (χ0v) is 14.1. The molecule has 24 heavy (non-hydrogen) atoms. The molecule has 0 fully saturated rings. The topological polar surface area (TPSA) is 68.3 Å². The minimum atomic E-state index is -3.71. The molecule has 0 aliphatic heterocycles. The second kappa shape index (κ2) is 6.98. The van der Waals surface area contributed by atoms with Crippen LogP contribution in [-0.2, 0) is 21.4 Å². The first-order valence-electron chi connectivity index (χ1n) is 7.62. The number of hydrogen-bond acceptors (Lipinski definition) is 4. The Morgan fingerprint density at radius 1 is 1.12 bits per heavy atom. The first-order chi connectivity index (χ1) is 11.6. The van der Waals surface area contributed by atoms with Gasteiger partial charge in [0.1, 0.15) is 0 Å². The van der Waals surface area contributed by atoms with Crippen LogP contribution < -0.4 is 4.72 Å². The first kappa shape index (κ1) is 16.4. The molecule has 2 aromatic carbocycles. The molecule has 1 aromatic heterocycles. The van der Waals surface area contributed by atoms with Crippen LogP contribution in [0.15, 0.2) is 65.8 Å². The average molecular weight is 342 g/mol. The van der Waals surface area contributed by atoms with Gasteiger partial charge in [0.2, 0.25) is 0 Å². The third kappa shape index (κ3) is 3.55. The van der Waals surface area contributed by atoms with Crippen LogP contribution in [0.25, 0.3) is 10.8 Å². The molecule has 0 saturated carbocycles. The predicted octanol–water partition coefficient (Wildman–Crippen LogP) is 3.57. The highest BCUT2D eigenvalue weighted by molar-refractivity contribution is 7.93. The number of pyridine rings is 1. The van der Waals surface area contributed by atoms with E-state index in [1.54, 1.807) is 48.8 Å². The molecule has 0 unspecified atom stereocenters. The van der Waals surface area contributed by atoms with Gasteiger partial charge in [-0.25, -0.2) is 8.42 Å². The largest absolute Gasteiger partial charge is 0.377 e. The second-order valence-corrected chi connectivity index (χ2v) is 6.95. The number of benzene rings is 2. The smallest absolute Gasteiger partial charge is 0.262 e. The van der Waals surface area contributed by atoms with Gasteiger partial charge in [-0.3, -0.25) is 9.71 Å². The molecule has 0 bridgehead atoms.